The Balaban J connectivity index is 1.14. The molecule has 1 amide bonds. The minimum Gasteiger partial charge on any atom is -0.489 e. The maximum atomic E-state index is 13.9. The zero-order chi connectivity index (χ0) is 34.9. The Morgan fingerprint density at radius 1 is 1.06 bits per heavy atom. The van der Waals surface area contributed by atoms with Crippen LogP contribution in [0.4, 0.5) is 4.39 Å². The van der Waals surface area contributed by atoms with Gasteiger partial charge in [-0.25, -0.2) is 9.37 Å². The van der Waals surface area contributed by atoms with Gasteiger partial charge in [-0.2, -0.15) is 0 Å². The van der Waals surface area contributed by atoms with Crippen LogP contribution in [0.25, 0.3) is 22.2 Å². The van der Waals surface area contributed by atoms with Crippen molar-refractivity contribution in [2.75, 3.05) is 13.2 Å². The van der Waals surface area contributed by atoms with Crippen LogP contribution < -0.4 is 14.8 Å². The van der Waals surface area contributed by atoms with E-state index in [1.807, 2.05) is 37.3 Å². The highest BCUT2D eigenvalue weighted by atomic mass is 19.1. The summed E-state index contributed by atoms with van der Waals surface area (Å²) in [5, 5.41) is 15.8. The van der Waals surface area contributed by atoms with Crippen molar-refractivity contribution in [3.63, 3.8) is 0 Å². The number of aliphatic hydroxyl groups is 1. The quantitative estimate of drug-likeness (QED) is 0.100. The first kappa shape index (κ1) is 33.4. The molecule has 8 nitrogen and oxygen atoms in total. The van der Waals surface area contributed by atoms with Crippen LogP contribution in [-0.2, 0) is 22.2 Å². The molecule has 1 fully saturated rings. The topological polar surface area (TPSA) is 111 Å². The predicted octanol–water partition coefficient (Wildman–Crippen LogP) is 7.25. The van der Waals surface area contributed by atoms with Gasteiger partial charge in [-0.1, -0.05) is 36.4 Å². The lowest BCUT2D eigenvalue weighted by molar-refractivity contribution is -0.126. The molecule has 2 atom stereocenters. The van der Waals surface area contributed by atoms with Crippen molar-refractivity contribution in [2.45, 2.75) is 69.5 Å². The Kier molecular flexibility index (Phi) is 9.09. The maximum Gasteiger partial charge on any atom is 0.234 e. The third-order valence-corrected chi connectivity index (χ3v) is 9.66. The number of aromatic nitrogens is 2. The molecular weight excluding hydrogens is 633 g/mol. The van der Waals surface area contributed by atoms with Crippen molar-refractivity contribution < 1.29 is 28.6 Å². The highest BCUT2D eigenvalue weighted by Crippen LogP contribution is 2.46. The highest BCUT2D eigenvalue weighted by molar-refractivity contribution is 6.01. The van der Waals surface area contributed by atoms with Gasteiger partial charge >= 0.3 is 0 Å². The molecule has 0 saturated heterocycles. The Bertz CT molecular complexity index is 2050. The van der Waals surface area contributed by atoms with Crippen molar-refractivity contribution in [3.8, 4) is 22.8 Å². The van der Waals surface area contributed by atoms with Gasteiger partial charge in [0.15, 0.2) is 5.78 Å². The molecule has 0 unspecified atom stereocenters. The van der Waals surface area contributed by atoms with Crippen LogP contribution in [0.3, 0.4) is 0 Å². The van der Waals surface area contributed by atoms with E-state index in [4.69, 9.17) is 14.5 Å². The number of ketones is 1. The normalized spacial score (nSPS) is 17.8. The molecule has 50 heavy (non-hydrogen) atoms. The van der Waals surface area contributed by atoms with Gasteiger partial charge in [0.25, 0.3) is 0 Å². The molecule has 0 spiro atoms. The SMILES string of the molecule is C[C@](O)(CCC(=O)c1cc(OC2CC2)c2ncccc2c1)c1cc2c(c(-c3ccc(F)cc3)n1)OC[C@]2(C)C(=O)NCCCc1ccccc1. The second kappa shape index (κ2) is 13.6. The van der Waals surface area contributed by atoms with Crippen molar-refractivity contribution in [1.82, 2.24) is 15.3 Å². The first-order valence-electron chi connectivity index (χ1n) is 17.2. The number of aryl methyl sites for hydroxylation is 1. The number of nitrogens with zero attached hydrogens (tertiary/aromatic N) is 2. The molecule has 2 aromatic heterocycles. The number of ether oxygens (including phenoxy) is 2. The van der Waals surface area contributed by atoms with Crippen LogP contribution in [0.15, 0.2) is 91.1 Å². The summed E-state index contributed by atoms with van der Waals surface area (Å²) in [7, 11) is 0. The monoisotopic (exact) mass is 673 g/mol. The standard InChI is InChI=1S/C41H40FN3O5/c1-40(39(47)44-21-6-10-26-8-4-3-5-9-26)25-49-38-32(40)24-35(45-37(38)27-12-14-30(42)15-13-27)41(2,48)19-18-33(46)29-22-28-11-7-20-43-36(28)34(23-29)50-31-16-17-31/h3-5,7-9,11-15,20,22-24,31,48H,6,10,16-19,21,25H2,1-2H3,(H,44,47)/t40-,41-/m0/s1. The van der Waals surface area contributed by atoms with Crippen LogP contribution in [0.2, 0.25) is 0 Å². The summed E-state index contributed by atoms with van der Waals surface area (Å²) in [6, 6.07) is 25.0. The van der Waals surface area contributed by atoms with Gasteiger partial charge < -0.3 is 19.9 Å². The fourth-order valence-electron chi connectivity index (χ4n) is 6.39. The summed E-state index contributed by atoms with van der Waals surface area (Å²) in [5.41, 5.74) is 1.62. The van der Waals surface area contributed by atoms with E-state index in [1.165, 1.54) is 17.7 Å². The predicted molar refractivity (Wildman–Crippen MR) is 189 cm³/mol. The third kappa shape index (κ3) is 6.96. The number of benzene rings is 3. The molecule has 5 aromatic rings. The largest absolute Gasteiger partial charge is 0.489 e. The number of nitrogens with one attached hydrogen (secondary N) is 1. The number of carbonyl (C=O) groups is 2. The highest BCUT2D eigenvalue weighted by Gasteiger charge is 2.46. The minimum absolute atomic E-state index is 0.0297. The van der Waals surface area contributed by atoms with Gasteiger partial charge in [0.1, 0.15) is 46.1 Å². The summed E-state index contributed by atoms with van der Waals surface area (Å²) in [5.74, 6) is 0.253. The van der Waals surface area contributed by atoms with Gasteiger partial charge in [0, 0.05) is 41.2 Å². The van der Waals surface area contributed by atoms with E-state index in [1.54, 1.807) is 43.5 Å². The molecule has 0 radical (unpaired) electrons. The molecule has 1 aliphatic carbocycles. The lowest BCUT2D eigenvalue weighted by Gasteiger charge is -2.26. The number of rotatable bonds is 13. The molecule has 9 heteroatoms. The Morgan fingerprint density at radius 2 is 1.84 bits per heavy atom. The molecule has 1 aliphatic heterocycles. The average Bonchev–Trinajstić information content (AvgIpc) is 3.88. The Morgan fingerprint density at radius 3 is 2.60 bits per heavy atom. The molecule has 7 rings (SSSR count). The number of fused-ring (bicyclic) bond motifs is 2. The molecule has 3 heterocycles. The first-order chi connectivity index (χ1) is 24.1. The van der Waals surface area contributed by atoms with Gasteiger partial charge in [-0.15, -0.1) is 0 Å². The number of pyridine rings is 2. The molecule has 0 bridgehead atoms. The average molecular weight is 674 g/mol. The molecule has 3 aromatic carbocycles. The number of Topliss-reactive ketones (excluding diaryl/α,β-unsaturated/α-hetero) is 1. The minimum atomic E-state index is -1.55. The zero-order valence-corrected chi connectivity index (χ0v) is 28.2. The van der Waals surface area contributed by atoms with E-state index in [2.05, 4.69) is 22.4 Å². The van der Waals surface area contributed by atoms with Crippen LogP contribution in [-0.4, -0.2) is 46.0 Å². The summed E-state index contributed by atoms with van der Waals surface area (Å²) in [6.07, 6.45) is 5.49. The lowest BCUT2D eigenvalue weighted by atomic mass is 9.81. The van der Waals surface area contributed by atoms with Gasteiger partial charge in [-0.05, 0) is 100 Å². The molecule has 2 aliphatic rings. The number of halogens is 1. The van der Waals surface area contributed by atoms with E-state index < -0.39 is 16.8 Å². The number of amides is 1. The van der Waals surface area contributed by atoms with Crippen molar-refractivity contribution in [1.29, 1.82) is 0 Å². The second-order valence-corrected chi connectivity index (χ2v) is 13.8. The van der Waals surface area contributed by atoms with Gasteiger partial charge in [-0.3, -0.25) is 14.6 Å². The molecular formula is C41H40FN3O5. The molecule has 1 saturated carbocycles. The summed E-state index contributed by atoms with van der Waals surface area (Å²) >= 11 is 0. The van der Waals surface area contributed by atoms with Crippen LogP contribution in [0.5, 0.6) is 11.5 Å². The van der Waals surface area contributed by atoms with Crippen molar-refractivity contribution >= 4 is 22.6 Å². The third-order valence-electron chi connectivity index (χ3n) is 9.66. The number of hydrogen-bond donors (Lipinski definition) is 2. The van der Waals surface area contributed by atoms with E-state index >= 15 is 0 Å². The fraction of sp³-hybridized carbons (Fsp3) is 0.317. The van der Waals surface area contributed by atoms with Crippen LogP contribution in [0.1, 0.15) is 73.1 Å². The smallest absolute Gasteiger partial charge is 0.234 e. The molecule has 256 valence electrons. The van der Waals surface area contributed by atoms with Gasteiger partial charge in [0.2, 0.25) is 5.91 Å². The number of hydrogen-bond acceptors (Lipinski definition) is 7. The first-order valence-corrected chi connectivity index (χ1v) is 17.2. The second-order valence-electron chi connectivity index (χ2n) is 13.8. The van der Waals surface area contributed by atoms with E-state index in [-0.39, 0.29) is 42.9 Å². The summed E-state index contributed by atoms with van der Waals surface area (Å²) < 4.78 is 26.2. The molecule has 2 N–H and O–H groups in total. The van der Waals surface area contributed by atoms with E-state index in [9.17, 15) is 19.1 Å². The van der Waals surface area contributed by atoms with Crippen molar-refractivity contribution in [3.05, 3.63) is 119 Å². The maximum absolute atomic E-state index is 13.9. The number of carbonyl (C=O) groups excluding carboxylic acids is 2. The van der Waals surface area contributed by atoms with E-state index in [0.717, 1.165) is 31.1 Å². The lowest BCUT2D eigenvalue weighted by Crippen LogP contribution is -2.44. The fourth-order valence-corrected chi connectivity index (χ4v) is 6.39. The summed E-state index contributed by atoms with van der Waals surface area (Å²) in [4.78, 5) is 36.7. The Labute approximate surface area is 290 Å². The summed E-state index contributed by atoms with van der Waals surface area (Å²) in [6.45, 7) is 4.00. The van der Waals surface area contributed by atoms with Crippen LogP contribution >= 0.6 is 0 Å². The van der Waals surface area contributed by atoms with E-state index in [0.29, 0.717) is 45.9 Å². The Hall–Kier alpha value is -5.15. The van der Waals surface area contributed by atoms with Gasteiger partial charge in [0.05, 0.1) is 11.8 Å². The van der Waals surface area contributed by atoms with Crippen LogP contribution in [0, 0.1) is 5.82 Å². The van der Waals surface area contributed by atoms with Crippen molar-refractivity contribution in [2.24, 2.45) is 0 Å². The zero-order valence-electron chi connectivity index (χ0n) is 28.2.